The van der Waals surface area contributed by atoms with E-state index in [0.717, 1.165) is 11.0 Å². The van der Waals surface area contributed by atoms with Gasteiger partial charge in [0.2, 0.25) is 17.6 Å². The molecule has 4 amide bonds. The molecule has 3 aromatic carbocycles. The number of phenolic OH excluding ortho intramolecular Hbond substituents is 1. The molecule has 9 nitrogen and oxygen atoms in total. The zero-order chi connectivity index (χ0) is 37.2. The molecule has 2 aliphatic carbocycles. The standard InChI is InChI=1S/C35H23Cl2F5N2O7/c1-12-8-15(9-13(2)28(12)45)21-17-6-7-18-20(30(47)43(29(18)46)16-5-3-4-14(10-16)31(48)49)19(17)11-34(36)32(50)44(33(51)35(21,34)37)27-25(41)23(39)22(38)24(40)26(27)42/h3-6,8-10,18-21,45H,7,11H2,1-2H3,(H,48,49)/t18-,19+,20-,21-,34+,35-/m0/s1. The fourth-order valence-corrected chi connectivity index (χ4v) is 9.06. The molecule has 2 saturated heterocycles. The average Bonchev–Trinajstić information content (AvgIpc) is 3.43. The predicted octanol–water partition coefficient (Wildman–Crippen LogP) is 6.17. The maximum absolute atomic E-state index is 15.2. The summed E-state index contributed by atoms with van der Waals surface area (Å²) in [7, 11) is 0. The minimum absolute atomic E-state index is 0.0464. The second-order valence-electron chi connectivity index (χ2n) is 13.1. The molecule has 4 aliphatic rings. The number of nitrogens with zero attached hydrogens (tertiary/aromatic N) is 2. The van der Waals surface area contributed by atoms with Crippen LogP contribution in [0.4, 0.5) is 33.3 Å². The predicted molar refractivity (Wildman–Crippen MR) is 170 cm³/mol. The first kappa shape index (κ1) is 34.6. The highest BCUT2D eigenvalue weighted by Gasteiger charge is 2.77. The highest BCUT2D eigenvalue weighted by Crippen LogP contribution is 2.66. The lowest BCUT2D eigenvalue weighted by atomic mass is 9.56. The van der Waals surface area contributed by atoms with Crippen molar-refractivity contribution in [3.8, 4) is 5.75 Å². The third-order valence-electron chi connectivity index (χ3n) is 10.4. The van der Waals surface area contributed by atoms with Gasteiger partial charge in [0.15, 0.2) is 33.0 Å². The summed E-state index contributed by atoms with van der Waals surface area (Å²) in [6.45, 7) is 3.02. The molecule has 2 heterocycles. The zero-order valence-corrected chi connectivity index (χ0v) is 27.8. The van der Waals surface area contributed by atoms with Gasteiger partial charge in [-0.2, -0.15) is 0 Å². The largest absolute Gasteiger partial charge is 0.507 e. The number of amides is 4. The van der Waals surface area contributed by atoms with Gasteiger partial charge in [-0.25, -0.2) is 31.6 Å². The van der Waals surface area contributed by atoms with Gasteiger partial charge in [-0.15, -0.1) is 23.2 Å². The van der Waals surface area contributed by atoms with E-state index in [1.807, 2.05) is 0 Å². The highest BCUT2D eigenvalue weighted by atomic mass is 35.5. The maximum Gasteiger partial charge on any atom is 0.335 e. The summed E-state index contributed by atoms with van der Waals surface area (Å²) in [6, 6.07) is 7.90. The number of carbonyl (C=O) groups is 5. The summed E-state index contributed by atoms with van der Waals surface area (Å²) in [5.41, 5.74) is -1.23. The van der Waals surface area contributed by atoms with Crippen molar-refractivity contribution < 1.29 is 56.1 Å². The smallest absolute Gasteiger partial charge is 0.335 e. The lowest BCUT2D eigenvalue weighted by molar-refractivity contribution is -0.125. The van der Waals surface area contributed by atoms with Crippen LogP contribution in [0.15, 0.2) is 48.0 Å². The van der Waals surface area contributed by atoms with Gasteiger partial charge in [0.05, 0.1) is 23.1 Å². The van der Waals surface area contributed by atoms with Crippen molar-refractivity contribution in [2.75, 3.05) is 9.80 Å². The summed E-state index contributed by atoms with van der Waals surface area (Å²) >= 11 is 14.3. The number of carbonyl (C=O) groups excluding carboxylic acids is 4. The molecule has 0 unspecified atom stereocenters. The average molecular weight is 749 g/mol. The molecule has 264 valence electrons. The number of carboxylic acid groups (broad SMARTS) is 1. The van der Waals surface area contributed by atoms with Crippen molar-refractivity contribution in [2.24, 2.45) is 17.8 Å². The number of alkyl halides is 2. The van der Waals surface area contributed by atoms with Crippen molar-refractivity contribution >= 4 is 64.2 Å². The van der Waals surface area contributed by atoms with Crippen LogP contribution in [0.25, 0.3) is 0 Å². The number of fused-ring (bicyclic) bond motifs is 4. The van der Waals surface area contributed by atoms with E-state index in [2.05, 4.69) is 0 Å². The number of halogens is 7. The Kier molecular flexibility index (Phi) is 7.70. The second-order valence-corrected chi connectivity index (χ2v) is 14.3. The lowest BCUT2D eigenvalue weighted by Gasteiger charge is -2.50. The van der Waals surface area contributed by atoms with E-state index in [4.69, 9.17) is 23.2 Å². The first-order valence-electron chi connectivity index (χ1n) is 15.4. The first-order valence-corrected chi connectivity index (χ1v) is 16.1. The number of anilines is 2. The van der Waals surface area contributed by atoms with Crippen LogP contribution in [0.5, 0.6) is 5.75 Å². The summed E-state index contributed by atoms with van der Waals surface area (Å²) in [6.07, 6.45) is 0.736. The van der Waals surface area contributed by atoms with Crippen molar-refractivity contribution in [1.82, 2.24) is 0 Å². The molecule has 1 saturated carbocycles. The number of imide groups is 2. The number of phenols is 1. The number of carboxylic acids is 1. The summed E-state index contributed by atoms with van der Waals surface area (Å²) in [5, 5.41) is 20.0. The van der Waals surface area contributed by atoms with Crippen LogP contribution in [-0.2, 0) is 19.2 Å². The third-order valence-corrected chi connectivity index (χ3v) is 11.8. The van der Waals surface area contributed by atoms with Crippen LogP contribution in [0.1, 0.15) is 45.8 Å². The third kappa shape index (κ3) is 4.41. The Labute approximate surface area is 294 Å². The minimum Gasteiger partial charge on any atom is -0.507 e. The van der Waals surface area contributed by atoms with Crippen LogP contribution in [-0.4, -0.2) is 49.6 Å². The van der Waals surface area contributed by atoms with Crippen molar-refractivity contribution in [1.29, 1.82) is 0 Å². The van der Waals surface area contributed by atoms with Crippen LogP contribution in [0, 0.1) is 60.7 Å². The van der Waals surface area contributed by atoms with E-state index in [1.165, 1.54) is 50.3 Å². The van der Waals surface area contributed by atoms with Gasteiger partial charge in [0, 0.05) is 5.92 Å². The molecular weight excluding hydrogens is 726 g/mol. The fraction of sp³-hybridized carbons (Fsp3) is 0.286. The van der Waals surface area contributed by atoms with E-state index in [1.54, 1.807) is 0 Å². The Bertz CT molecular complexity index is 2160. The Hall–Kier alpha value is -4.82. The fourth-order valence-electron chi connectivity index (χ4n) is 8.13. The van der Waals surface area contributed by atoms with Gasteiger partial charge in [-0.3, -0.25) is 24.1 Å². The van der Waals surface area contributed by atoms with Gasteiger partial charge in [0.25, 0.3) is 11.8 Å². The van der Waals surface area contributed by atoms with E-state index in [-0.39, 0.29) is 50.6 Å². The molecule has 0 radical (unpaired) electrons. The van der Waals surface area contributed by atoms with E-state index in [0.29, 0.717) is 0 Å². The Morgan fingerprint density at radius 3 is 2.00 bits per heavy atom. The molecule has 0 bridgehead atoms. The number of aryl methyl sites for hydroxylation is 2. The number of aromatic hydroxyl groups is 1. The van der Waals surface area contributed by atoms with Gasteiger partial charge in [-0.1, -0.05) is 29.8 Å². The number of benzene rings is 3. The van der Waals surface area contributed by atoms with E-state index >= 15 is 8.78 Å². The Balaban J connectivity index is 1.44. The molecule has 7 rings (SSSR count). The first-order chi connectivity index (χ1) is 23.9. The molecule has 3 fully saturated rings. The molecule has 6 atom stereocenters. The molecule has 0 aromatic heterocycles. The molecule has 0 spiro atoms. The maximum atomic E-state index is 15.2. The summed E-state index contributed by atoms with van der Waals surface area (Å²) in [5.74, 6) is -23.6. The van der Waals surface area contributed by atoms with Crippen LogP contribution in [0.3, 0.4) is 0 Å². The van der Waals surface area contributed by atoms with Crippen molar-refractivity contribution in [3.05, 3.63) is 99.4 Å². The molecule has 16 heteroatoms. The normalized spacial score (nSPS) is 28.5. The lowest BCUT2D eigenvalue weighted by Crippen LogP contribution is -2.60. The highest BCUT2D eigenvalue weighted by molar-refractivity contribution is 6.58. The molecule has 51 heavy (non-hydrogen) atoms. The topological polar surface area (TPSA) is 132 Å². The van der Waals surface area contributed by atoms with E-state index < -0.39 is 104 Å². The summed E-state index contributed by atoms with van der Waals surface area (Å²) < 4.78 is 73.4. The molecule has 2 aliphatic heterocycles. The Morgan fingerprint density at radius 2 is 1.41 bits per heavy atom. The van der Waals surface area contributed by atoms with Gasteiger partial charge in [-0.05, 0) is 67.5 Å². The SMILES string of the molecule is Cc1cc([C@H]2C3=CC[C@@H]4C(=O)N(c5cccc(C(=O)O)c5)C(=O)[C@@H]4[C@@H]3C[C@@]3(Cl)C(=O)N(c4c(F)c(F)c(F)c(F)c4F)C(=O)[C@@]23Cl)cc(C)c1O. The second kappa shape index (κ2) is 11.3. The quantitative estimate of drug-likeness (QED) is 0.0815. The summed E-state index contributed by atoms with van der Waals surface area (Å²) in [4.78, 5) is 63.5. The zero-order valence-electron chi connectivity index (χ0n) is 26.2. The number of aromatic carboxylic acids is 1. The van der Waals surface area contributed by atoms with Crippen LogP contribution >= 0.6 is 23.2 Å². The van der Waals surface area contributed by atoms with Gasteiger partial charge < -0.3 is 10.2 Å². The van der Waals surface area contributed by atoms with Crippen LogP contribution in [0.2, 0.25) is 0 Å². The van der Waals surface area contributed by atoms with Crippen molar-refractivity contribution in [3.63, 3.8) is 0 Å². The van der Waals surface area contributed by atoms with Crippen LogP contribution < -0.4 is 9.80 Å². The molecular formula is C35H23Cl2F5N2O7. The molecule has 3 aromatic rings. The monoisotopic (exact) mass is 748 g/mol. The van der Waals surface area contributed by atoms with E-state index in [9.17, 15) is 47.4 Å². The number of rotatable bonds is 4. The number of allylic oxidation sites excluding steroid dienone is 2. The van der Waals surface area contributed by atoms with Gasteiger partial charge >= 0.3 is 5.97 Å². The molecule has 2 N–H and O–H groups in total. The Morgan fingerprint density at radius 1 is 0.824 bits per heavy atom. The number of hydrogen-bond donors (Lipinski definition) is 2. The minimum atomic E-state index is -2.71. The number of hydrogen-bond acceptors (Lipinski definition) is 6. The van der Waals surface area contributed by atoms with Gasteiger partial charge in [0.1, 0.15) is 11.4 Å². The van der Waals surface area contributed by atoms with Crippen molar-refractivity contribution in [2.45, 2.75) is 42.4 Å².